The summed E-state index contributed by atoms with van der Waals surface area (Å²) in [5.41, 5.74) is 0.401. The van der Waals surface area contributed by atoms with Gasteiger partial charge in [0, 0.05) is 50.9 Å². The van der Waals surface area contributed by atoms with Gasteiger partial charge < -0.3 is 15.2 Å². The Balaban J connectivity index is 1.25. The van der Waals surface area contributed by atoms with Crippen LogP contribution in [0.5, 0.6) is 0 Å². The number of aromatic nitrogens is 2. The third-order valence-electron chi connectivity index (χ3n) is 7.43. The van der Waals surface area contributed by atoms with Gasteiger partial charge in [-0.2, -0.15) is 0 Å². The van der Waals surface area contributed by atoms with Gasteiger partial charge in [0.25, 0.3) is 17.9 Å². The van der Waals surface area contributed by atoms with Crippen molar-refractivity contribution in [3.05, 3.63) is 69.7 Å². The highest BCUT2D eigenvalue weighted by atomic mass is 19.3. The van der Waals surface area contributed by atoms with Crippen molar-refractivity contribution in [3.63, 3.8) is 0 Å². The monoisotopic (exact) mass is 499 g/mol. The molecule has 5 rings (SSSR count). The van der Waals surface area contributed by atoms with E-state index in [-0.39, 0.29) is 22.7 Å². The maximum atomic E-state index is 14.1. The van der Waals surface area contributed by atoms with Gasteiger partial charge in [-0.3, -0.25) is 14.5 Å². The number of hydrogen-bond donors (Lipinski definition) is 2. The molecule has 2 aromatic heterocycles. The number of fused-ring (bicyclic) bond motifs is 1. The minimum absolute atomic E-state index is 0.0262. The molecule has 1 saturated heterocycles. The number of H-pyrrole nitrogens is 1. The van der Waals surface area contributed by atoms with Crippen molar-refractivity contribution in [2.45, 2.75) is 37.6 Å². The smallest absolute Gasteiger partial charge is 0.282 e. The first kappa shape index (κ1) is 24.3. The number of nitrogens with one attached hydrogen (secondary N) is 2. The molecule has 2 atom stereocenters. The lowest BCUT2D eigenvalue weighted by Crippen LogP contribution is -2.50. The zero-order valence-electron chi connectivity index (χ0n) is 19.9. The second-order valence-electron chi connectivity index (χ2n) is 9.43. The number of nitrogens with zero attached hydrogens (tertiary/aromatic N) is 3. The van der Waals surface area contributed by atoms with E-state index in [1.54, 1.807) is 18.2 Å². The lowest BCUT2D eigenvalue weighted by molar-refractivity contribution is 0.0956. The Labute approximate surface area is 206 Å². The van der Waals surface area contributed by atoms with Gasteiger partial charge in [-0.15, -0.1) is 0 Å². The maximum Gasteiger partial charge on any atom is 0.282 e. The molecule has 7 nitrogen and oxygen atoms in total. The quantitative estimate of drug-likeness (QED) is 0.558. The highest BCUT2D eigenvalue weighted by molar-refractivity contribution is 5.92. The zero-order chi connectivity index (χ0) is 25.4. The zero-order valence-corrected chi connectivity index (χ0v) is 19.9. The lowest BCUT2D eigenvalue weighted by atomic mass is 10.00. The van der Waals surface area contributed by atoms with Gasteiger partial charge in [-0.25, -0.2) is 18.2 Å². The first-order chi connectivity index (χ1) is 17.4. The molecule has 1 amide bonds. The van der Waals surface area contributed by atoms with Crippen LogP contribution in [0.25, 0.3) is 10.8 Å². The summed E-state index contributed by atoms with van der Waals surface area (Å²) in [6.07, 6.45) is -0.0158. The first-order valence-electron chi connectivity index (χ1n) is 12.2. The van der Waals surface area contributed by atoms with Crippen LogP contribution in [0.15, 0.2) is 41.2 Å². The number of rotatable bonds is 5. The average Bonchev–Trinajstić information content (AvgIpc) is 3.38. The maximum absolute atomic E-state index is 14.1. The Morgan fingerprint density at radius 3 is 2.64 bits per heavy atom. The van der Waals surface area contributed by atoms with Gasteiger partial charge in [0.1, 0.15) is 17.2 Å². The molecule has 10 heteroatoms. The Morgan fingerprint density at radius 2 is 1.92 bits per heavy atom. The van der Waals surface area contributed by atoms with Gasteiger partial charge >= 0.3 is 0 Å². The fraction of sp³-hybridized carbons (Fsp3) is 0.423. The topological polar surface area (TPSA) is 81.3 Å². The molecule has 1 aliphatic carbocycles. The molecule has 1 saturated carbocycles. The Hall–Kier alpha value is -3.40. The predicted molar refractivity (Wildman–Crippen MR) is 131 cm³/mol. The average molecular weight is 500 g/mol. The highest BCUT2D eigenvalue weighted by Gasteiger charge is 2.33. The van der Waals surface area contributed by atoms with Crippen LogP contribution in [0.1, 0.15) is 53.5 Å². The fourth-order valence-electron chi connectivity index (χ4n) is 5.57. The van der Waals surface area contributed by atoms with E-state index in [1.165, 1.54) is 19.2 Å². The van der Waals surface area contributed by atoms with Gasteiger partial charge in [0.05, 0.1) is 11.1 Å². The van der Waals surface area contributed by atoms with Crippen LogP contribution in [0.4, 0.5) is 18.9 Å². The highest BCUT2D eigenvalue weighted by Crippen LogP contribution is 2.37. The number of halogens is 3. The van der Waals surface area contributed by atoms with E-state index in [0.717, 1.165) is 38.0 Å². The summed E-state index contributed by atoms with van der Waals surface area (Å²) in [5.74, 6) is -0.835. The summed E-state index contributed by atoms with van der Waals surface area (Å²) in [4.78, 5) is 35.4. The normalized spacial score (nSPS) is 20.9. The van der Waals surface area contributed by atoms with Crippen molar-refractivity contribution in [2.75, 3.05) is 38.1 Å². The van der Waals surface area contributed by atoms with Gasteiger partial charge in [0.15, 0.2) is 0 Å². The van der Waals surface area contributed by atoms with Crippen LogP contribution in [0.2, 0.25) is 0 Å². The van der Waals surface area contributed by atoms with Gasteiger partial charge in [-0.1, -0.05) is 12.1 Å². The van der Waals surface area contributed by atoms with Crippen molar-refractivity contribution in [1.82, 2.24) is 20.2 Å². The third kappa shape index (κ3) is 4.57. The van der Waals surface area contributed by atoms with Crippen molar-refractivity contribution in [2.24, 2.45) is 0 Å². The van der Waals surface area contributed by atoms with Crippen LogP contribution in [0.3, 0.4) is 0 Å². The second kappa shape index (κ2) is 9.93. The lowest BCUT2D eigenvalue weighted by Gasteiger charge is -2.39. The molecule has 3 aromatic rings. The van der Waals surface area contributed by atoms with E-state index in [4.69, 9.17) is 0 Å². The molecule has 2 aliphatic rings. The number of carbonyl (C=O) groups excluding carboxylic acids is 1. The largest absolute Gasteiger partial charge is 0.367 e. The minimum Gasteiger partial charge on any atom is -0.367 e. The molecular formula is C26H28F3N5O2. The van der Waals surface area contributed by atoms with E-state index in [0.29, 0.717) is 30.2 Å². The van der Waals surface area contributed by atoms with Crippen molar-refractivity contribution >= 4 is 22.4 Å². The third-order valence-corrected chi connectivity index (χ3v) is 7.43. The summed E-state index contributed by atoms with van der Waals surface area (Å²) in [7, 11) is 1.43. The second-order valence-corrected chi connectivity index (χ2v) is 9.43. The summed E-state index contributed by atoms with van der Waals surface area (Å²) in [6.45, 7) is 2.59. The Bertz CT molecular complexity index is 1340. The van der Waals surface area contributed by atoms with E-state index in [9.17, 15) is 22.8 Å². The van der Waals surface area contributed by atoms with Crippen LogP contribution in [-0.2, 0) is 0 Å². The molecule has 1 aromatic carbocycles. The minimum atomic E-state index is -2.78. The van der Waals surface area contributed by atoms with E-state index < -0.39 is 23.7 Å². The number of pyridine rings is 2. The van der Waals surface area contributed by atoms with Crippen LogP contribution in [-0.4, -0.2) is 60.0 Å². The molecule has 0 bridgehead atoms. The summed E-state index contributed by atoms with van der Waals surface area (Å²) in [6, 6.07) is 9.90. The standard InChI is InChI=1S/C26H28F3N5O2/c1-30-25(35)19-7-8-21(23(31-19)24(28)29)34-11-9-33(10-12-34)17-6-5-15(13-17)20-14-16-3-2-4-18(27)22(16)26(36)32-20/h2-4,7-8,14-15,17,24H,5-6,9-13H2,1H3,(H,30,35)(H,32,36)/t15-,17+/m1/s1. The molecule has 0 unspecified atom stereocenters. The van der Waals surface area contributed by atoms with Gasteiger partial charge in [-0.05, 0) is 48.9 Å². The van der Waals surface area contributed by atoms with E-state index in [2.05, 4.69) is 20.2 Å². The Morgan fingerprint density at radius 1 is 1.14 bits per heavy atom. The number of hydrogen-bond acceptors (Lipinski definition) is 5. The number of carbonyl (C=O) groups is 1. The first-order valence-corrected chi connectivity index (χ1v) is 12.2. The number of aromatic amines is 1. The number of alkyl halides is 2. The molecule has 1 aliphatic heterocycles. The molecule has 0 spiro atoms. The van der Waals surface area contributed by atoms with E-state index in [1.807, 2.05) is 11.0 Å². The summed E-state index contributed by atoms with van der Waals surface area (Å²) >= 11 is 0. The molecule has 0 radical (unpaired) electrons. The van der Waals surface area contributed by atoms with Crippen molar-refractivity contribution in [3.8, 4) is 0 Å². The number of amides is 1. The summed E-state index contributed by atoms with van der Waals surface area (Å²) in [5, 5.41) is 3.11. The van der Waals surface area contributed by atoms with Crippen molar-refractivity contribution < 1.29 is 18.0 Å². The molecule has 190 valence electrons. The van der Waals surface area contributed by atoms with Crippen LogP contribution in [0, 0.1) is 5.82 Å². The predicted octanol–water partition coefficient (Wildman–Crippen LogP) is 3.82. The van der Waals surface area contributed by atoms with E-state index >= 15 is 0 Å². The molecular weight excluding hydrogens is 471 g/mol. The molecule has 36 heavy (non-hydrogen) atoms. The number of benzene rings is 1. The number of piperazine rings is 1. The fourth-order valence-corrected chi connectivity index (χ4v) is 5.57. The van der Waals surface area contributed by atoms with Crippen LogP contribution < -0.4 is 15.8 Å². The molecule has 3 heterocycles. The molecule has 2 fully saturated rings. The van der Waals surface area contributed by atoms with Crippen molar-refractivity contribution in [1.29, 1.82) is 0 Å². The SMILES string of the molecule is CNC(=O)c1ccc(N2CCN([C@H]3CC[C@@H](c4cc5cccc(F)c5c(=O)[nH]4)C3)CC2)c(C(F)F)n1. The van der Waals surface area contributed by atoms with Gasteiger partial charge in [0.2, 0.25) is 0 Å². The van der Waals surface area contributed by atoms with Crippen LogP contribution >= 0.6 is 0 Å². The molecule has 2 N–H and O–H groups in total. The number of anilines is 1. The summed E-state index contributed by atoms with van der Waals surface area (Å²) < 4.78 is 41.5. The Kier molecular flexibility index (Phi) is 6.70.